The standard InChI is InChI=1S/C15H18N2O3/c1-17-9-11-8-10(5-6-12(11)16-15(17)19)14(18)13-4-2-3-7-20-13/h5-6,8,13H,2-4,7,9H2,1H3,(H,16,19). The SMILES string of the molecule is CN1Cc2cc(C(=O)C3CCCCO3)ccc2NC1=O. The lowest BCUT2D eigenvalue weighted by atomic mass is 9.97. The van der Waals surface area contributed by atoms with E-state index in [1.54, 1.807) is 24.1 Å². The lowest BCUT2D eigenvalue weighted by Gasteiger charge is -2.27. The van der Waals surface area contributed by atoms with Gasteiger partial charge in [0.1, 0.15) is 6.10 Å². The predicted molar refractivity (Wildman–Crippen MR) is 74.8 cm³/mol. The van der Waals surface area contributed by atoms with Crippen molar-refractivity contribution in [1.82, 2.24) is 4.90 Å². The smallest absolute Gasteiger partial charge is 0.321 e. The molecule has 20 heavy (non-hydrogen) atoms. The van der Waals surface area contributed by atoms with Crippen molar-refractivity contribution in [2.45, 2.75) is 31.9 Å². The minimum atomic E-state index is -0.308. The Kier molecular flexibility index (Phi) is 3.44. The van der Waals surface area contributed by atoms with Gasteiger partial charge in [0.05, 0.1) is 0 Å². The number of nitrogens with one attached hydrogen (secondary N) is 1. The van der Waals surface area contributed by atoms with Crippen molar-refractivity contribution >= 4 is 17.5 Å². The molecular weight excluding hydrogens is 256 g/mol. The van der Waals surface area contributed by atoms with Gasteiger partial charge in [-0.25, -0.2) is 4.79 Å². The van der Waals surface area contributed by atoms with Gasteiger partial charge in [-0.3, -0.25) is 4.79 Å². The Morgan fingerprint density at radius 3 is 3.00 bits per heavy atom. The summed E-state index contributed by atoms with van der Waals surface area (Å²) in [7, 11) is 1.73. The minimum Gasteiger partial charge on any atom is -0.370 e. The van der Waals surface area contributed by atoms with Crippen molar-refractivity contribution < 1.29 is 14.3 Å². The first-order valence-corrected chi connectivity index (χ1v) is 6.96. The number of benzene rings is 1. The van der Waals surface area contributed by atoms with Crippen LogP contribution in [0.3, 0.4) is 0 Å². The average molecular weight is 274 g/mol. The van der Waals surface area contributed by atoms with Crippen LogP contribution < -0.4 is 5.32 Å². The molecule has 1 atom stereocenters. The van der Waals surface area contributed by atoms with Crippen molar-refractivity contribution in [2.24, 2.45) is 0 Å². The molecule has 1 unspecified atom stereocenters. The van der Waals surface area contributed by atoms with Gasteiger partial charge in [0, 0.05) is 31.5 Å². The third kappa shape index (κ3) is 2.41. The molecule has 0 saturated carbocycles. The van der Waals surface area contributed by atoms with E-state index in [9.17, 15) is 9.59 Å². The minimum absolute atomic E-state index is 0.0482. The van der Waals surface area contributed by atoms with E-state index in [1.807, 2.05) is 6.07 Å². The van der Waals surface area contributed by atoms with E-state index < -0.39 is 0 Å². The van der Waals surface area contributed by atoms with Crippen LogP contribution in [0, 0.1) is 0 Å². The molecular formula is C15H18N2O3. The predicted octanol–water partition coefficient (Wildman–Crippen LogP) is 2.42. The summed E-state index contributed by atoms with van der Waals surface area (Å²) in [5.41, 5.74) is 2.42. The number of carbonyl (C=O) groups is 2. The first kappa shape index (κ1) is 13.1. The lowest BCUT2D eigenvalue weighted by Crippen LogP contribution is -2.35. The fraction of sp³-hybridized carbons (Fsp3) is 0.467. The average Bonchev–Trinajstić information content (AvgIpc) is 2.48. The van der Waals surface area contributed by atoms with Crippen LogP contribution in [-0.4, -0.2) is 36.5 Å². The highest BCUT2D eigenvalue weighted by Crippen LogP contribution is 2.25. The maximum atomic E-state index is 12.4. The van der Waals surface area contributed by atoms with E-state index in [4.69, 9.17) is 4.74 Å². The lowest BCUT2D eigenvalue weighted by molar-refractivity contribution is 0.0186. The number of ether oxygens (including phenoxy) is 1. The Morgan fingerprint density at radius 1 is 1.40 bits per heavy atom. The molecule has 5 heteroatoms. The van der Waals surface area contributed by atoms with Gasteiger partial charge in [-0.2, -0.15) is 0 Å². The number of rotatable bonds is 2. The summed E-state index contributed by atoms with van der Waals surface area (Å²) in [6.45, 7) is 1.19. The molecule has 1 fully saturated rings. The molecule has 2 aliphatic rings. The molecule has 5 nitrogen and oxygen atoms in total. The molecule has 1 N–H and O–H groups in total. The van der Waals surface area contributed by atoms with E-state index in [-0.39, 0.29) is 17.9 Å². The molecule has 0 bridgehead atoms. The first-order valence-electron chi connectivity index (χ1n) is 6.96. The summed E-state index contributed by atoms with van der Waals surface area (Å²) >= 11 is 0. The largest absolute Gasteiger partial charge is 0.370 e. The monoisotopic (exact) mass is 274 g/mol. The second-order valence-corrected chi connectivity index (χ2v) is 5.38. The molecule has 0 spiro atoms. The molecule has 0 aliphatic carbocycles. The van der Waals surface area contributed by atoms with Gasteiger partial charge in [0.25, 0.3) is 0 Å². The summed E-state index contributed by atoms with van der Waals surface area (Å²) in [5.74, 6) is 0.0482. The Bertz CT molecular complexity index is 550. The maximum absolute atomic E-state index is 12.4. The molecule has 2 aliphatic heterocycles. The third-order valence-electron chi connectivity index (χ3n) is 3.86. The number of amides is 2. The Morgan fingerprint density at radius 2 is 2.25 bits per heavy atom. The number of anilines is 1. The highest BCUT2D eigenvalue weighted by molar-refractivity contribution is 6.01. The van der Waals surface area contributed by atoms with Crippen molar-refractivity contribution in [3.63, 3.8) is 0 Å². The van der Waals surface area contributed by atoms with Gasteiger partial charge in [-0.15, -0.1) is 0 Å². The van der Waals surface area contributed by atoms with Crippen molar-refractivity contribution in [3.8, 4) is 0 Å². The number of ketones is 1. The number of nitrogens with zero attached hydrogens (tertiary/aromatic N) is 1. The van der Waals surface area contributed by atoms with Gasteiger partial charge >= 0.3 is 6.03 Å². The van der Waals surface area contributed by atoms with E-state index in [2.05, 4.69) is 5.32 Å². The van der Waals surface area contributed by atoms with E-state index in [0.29, 0.717) is 18.7 Å². The Balaban J connectivity index is 1.83. The van der Waals surface area contributed by atoms with Gasteiger partial charge in [0.2, 0.25) is 0 Å². The Hall–Kier alpha value is -1.88. The summed E-state index contributed by atoms with van der Waals surface area (Å²) < 4.78 is 5.55. The molecule has 3 rings (SSSR count). The second kappa shape index (κ2) is 5.25. The highest BCUT2D eigenvalue weighted by atomic mass is 16.5. The molecule has 106 valence electrons. The summed E-state index contributed by atoms with van der Waals surface area (Å²) in [4.78, 5) is 25.5. The van der Waals surface area contributed by atoms with Crippen molar-refractivity contribution in [1.29, 1.82) is 0 Å². The molecule has 1 saturated heterocycles. The third-order valence-corrected chi connectivity index (χ3v) is 3.86. The fourth-order valence-electron chi connectivity index (χ4n) is 2.67. The number of urea groups is 1. The van der Waals surface area contributed by atoms with Gasteiger partial charge in [0.15, 0.2) is 5.78 Å². The van der Waals surface area contributed by atoms with Gasteiger partial charge in [-0.05, 0) is 43.0 Å². The molecule has 2 heterocycles. The molecule has 2 amide bonds. The molecule has 1 aromatic rings. The second-order valence-electron chi connectivity index (χ2n) is 5.38. The molecule has 0 aromatic heterocycles. The number of fused-ring (bicyclic) bond motifs is 1. The van der Waals surface area contributed by atoms with Gasteiger partial charge in [-0.1, -0.05) is 0 Å². The number of carbonyl (C=O) groups excluding carboxylic acids is 2. The summed E-state index contributed by atoms with van der Waals surface area (Å²) in [6, 6.07) is 5.32. The Labute approximate surface area is 117 Å². The van der Waals surface area contributed by atoms with Gasteiger partial charge < -0.3 is 15.0 Å². The van der Waals surface area contributed by atoms with Crippen LogP contribution in [0.15, 0.2) is 18.2 Å². The zero-order chi connectivity index (χ0) is 14.1. The normalized spacial score (nSPS) is 22.1. The van der Waals surface area contributed by atoms with Crippen LogP contribution in [0.4, 0.5) is 10.5 Å². The van der Waals surface area contributed by atoms with Crippen LogP contribution >= 0.6 is 0 Å². The topological polar surface area (TPSA) is 58.6 Å². The number of Topliss-reactive ketones (excluding diaryl/α,β-unsaturated/α-hetero) is 1. The zero-order valence-electron chi connectivity index (χ0n) is 11.5. The zero-order valence-corrected chi connectivity index (χ0v) is 11.5. The number of hydrogen-bond donors (Lipinski definition) is 1. The van der Waals surface area contributed by atoms with Crippen LogP contribution in [-0.2, 0) is 11.3 Å². The van der Waals surface area contributed by atoms with Crippen LogP contribution in [0.5, 0.6) is 0 Å². The van der Waals surface area contributed by atoms with E-state index in [1.165, 1.54) is 0 Å². The van der Waals surface area contributed by atoms with E-state index in [0.717, 1.165) is 30.5 Å². The van der Waals surface area contributed by atoms with Crippen LogP contribution in [0.1, 0.15) is 35.2 Å². The summed E-state index contributed by atoms with van der Waals surface area (Å²) in [5, 5.41) is 2.80. The maximum Gasteiger partial charge on any atom is 0.321 e. The fourth-order valence-corrected chi connectivity index (χ4v) is 2.67. The van der Waals surface area contributed by atoms with Crippen LogP contribution in [0.25, 0.3) is 0 Å². The van der Waals surface area contributed by atoms with Crippen molar-refractivity contribution in [2.75, 3.05) is 19.0 Å². The number of hydrogen-bond acceptors (Lipinski definition) is 3. The molecule has 0 radical (unpaired) electrons. The highest BCUT2D eigenvalue weighted by Gasteiger charge is 2.25. The molecule has 1 aromatic carbocycles. The van der Waals surface area contributed by atoms with Crippen LogP contribution in [0.2, 0.25) is 0 Å². The summed E-state index contributed by atoms with van der Waals surface area (Å²) in [6.07, 6.45) is 2.56. The van der Waals surface area contributed by atoms with E-state index >= 15 is 0 Å². The first-order chi connectivity index (χ1) is 9.65. The van der Waals surface area contributed by atoms with Crippen molar-refractivity contribution in [3.05, 3.63) is 29.3 Å². The quantitative estimate of drug-likeness (QED) is 0.843.